The molecule has 0 bridgehead atoms. The highest BCUT2D eigenvalue weighted by molar-refractivity contribution is 9.10. The second kappa shape index (κ2) is 6.87. The Kier molecular flexibility index (Phi) is 5.41. The number of halogens is 1. The molecule has 0 aliphatic carbocycles. The van der Waals surface area contributed by atoms with Gasteiger partial charge in [0, 0.05) is 29.6 Å². The summed E-state index contributed by atoms with van der Waals surface area (Å²) in [5.74, 6) is 0. The van der Waals surface area contributed by atoms with Gasteiger partial charge in [-0.1, -0.05) is 27.3 Å². The van der Waals surface area contributed by atoms with Gasteiger partial charge in [-0.3, -0.25) is 4.90 Å². The Balaban J connectivity index is 1.95. The second-order valence-corrected chi connectivity index (χ2v) is 7.43. The molecule has 110 valence electrons. The summed E-state index contributed by atoms with van der Waals surface area (Å²) in [6.07, 6.45) is 0. The van der Waals surface area contributed by atoms with Crippen LogP contribution in [0.5, 0.6) is 0 Å². The molecule has 0 atom stereocenters. The zero-order chi connectivity index (χ0) is 14.7. The SMILES string of the molecule is CC(C)N(CCNc1nc2cc(Br)ccc2s1)C(C)C. The van der Waals surface area contributed by atoms with Gasteiger partial charge >= 0.3 is 0 Å². The molecule has 5 heteroatoms. The largest absolute Gasteiger partial charge is 0.360 e. The molecule has 0 radical (unpaired) electrons. The summed E-state index contributed by atoms with van der Waals surface area (Å²) in [7, 11) is 0. The predicted octanol–water partition coefficient (Wildman–Crippen LogP) is 4.59. The van der Waals surface area contributed by atoms with Crippen molar-refractivity contribution >= 4 is 42.6 Å². The van der Waals surface area contributed by atoms with Crippen LogP contribution in [0.25, 0.3) is 10.2 Å². The molecule has 0 aliphatic rings. The third kappa shape index (κ3) is 3.93. The lowest BCUT2D eigenvalue weighted by molar-refractivity contribution is 0.182. The highest BCUT2D eigenvalue weighted by Crippen LogP contribution is 2.28. The van der Waals surface area contributed by atoms with E-state index in [4.69, 9.17) is 0 Å². The van der Waals surface area contributed by atoms with Gasteiger partial charge in [0.25, 0.3) is 0 Å². The molecule has 2 aromatic rings. The summed E-state index contributed by atoms with van der Waals surface area (Å²) < 4.78 is 2.30. The van der Waals surface area contributed by atoms with E-state index in [2.05, 4.69) is 77.0 Å². The predicted molar refractivity (Wildman–Crippen MR) is 92.8 cm³/mol. The zero-order valence-corrected chi connectivity index (χ0v) is 14.9. The lowest BCUT2D eigenvalue weighted by Gasteiger charge is -2.30. The van der Waals surface area contributed by atoms with Gasteiger partial charge in [0.1, 0.15) is 0 Å². The average Bonchev–Trinajstić information content (AvgIpc) is 2.75. The van der Waals surface area contributed by atoms with Gasteiger partial charge in [-0.25, -0.2) is 4.98 Å². The molecular formula is C15H22BrN3S. The molecule has 2 rings (SSSR count). The summed E-state index contributed by atoms with van der Waals surface area (Å²) in [4.78, 5) is 7.10. The Morgan fingerprint density at radius 1 is 1.25 bits per heavy atom. The third-order valence-corrected chi connectivity index (χ3v) is 4.81. The molecule has 20 heavy (non-hydrogen) atoms. The first-order valence-corrected chi connectivity index (χ1v) is 8.64. The molecule has 0 saturated heterocycles. The molecule has 3 nitrogen and oxygen atoms in total. The minimum atomic E-state index is 0.572. The number of hydrogen-bond donors (Lipinski definition) is 1. The molecular weight excluding hydrogens is 334 g/mol. The van der Waals surface area contributed by atoms with Crippen molar-refractivity contribution in [3.8, 4) is 0 Å². The minimum absolute atomic E-state index is 0.572. The molecule has 0 unspecified atom stereocenters. The van der Waals surface area contributed by atoms with Crippen molar-refractivity contribution < 1.29 is 0 Å². The maximum atomic E-state index is 4.62. The van der Waals surface area contributed by atoms with Crippen molar-refractivity contribution in [2.75, 3.05) is 18.4 Å². The van der Waals surface area contributed by atoms with Gasteiger partial charge in [0.2, 0.25) is 0 Å². The maximum absolute atomic E-state index is 4.62. The highest BCUT2D eigenvalue weighted by Gasteiger charge is 2.12. The average molecular weight is 356 g/mol. The first-order chi connectivity index (χ1) is 9.47. The van der Waals surface area contributed by atoms with Crippen molar-refractivity contribution in [2.45, 2.75) is 39.8 Å². The Hall–Kier alpha value is -0.650. The summed E-state index contributed by atoms with van der Waals surface area (Å²) in [6.45, 7) is 10.9. The Morgan fingerprint density at radius 2 is 1.95 bits per heavy atom. The van der Waals surface area contributed by atoms with Gasteiger partial charge in [-0.05, 0) is 45.9 Å². The van der Waals surface area contributed by atoms with Gasteiger partial charge in [-0.15, -0.1) is 0 Å². The van der Waals surface area contributed by atoms with Crippen molar-refractivity contribution in [1.29, 1.82) is 0 Å². The van der Waals surface area contributed by atoms with Gasteiger partial charge in [0.15, 0.2) is 5.13 Å². The number of rotatable bonds is 6. The molecule has 1 heterocycles. The smallest absolute Gasteiger partial charge is 0.183 e. The number of hydrogen-bond acceptors (Lipinski definition) is 4. The van der Waals surface area contributed by atoms with E-state index >= 15 is 0 Å². The Labute approximate surface area is 133 Å². The van der Waals surface area contributed by atoms with Crippen LogP contribution in [0, 0.1) is 0 Å². The lowest BCUT2D eigenvalue weighted by Crippen LogP contribution is -2.40. The summed E-state index contributed by atoms with van der Waals surface area (Å²) in [5.41, 5.74) is 1.05. The van der Waals surface area contributed by atoms with Crippen LogP contribution in [-0.2, 0) is 0 Å². The van der Waals surface area contributed by atoms with E-state index in [-0.39, 0.29) is 0 Å². The number of benzene rings is 1. The Bertz CT molecular complexity index is 557. The van der Waals surface area contributed by atoms with Crippen LogP contribution in [0.1, 0.15) is 27.7 Å². The van der Waals surface area contributed by atoms with Crippen molar-refractivity contribution in [1.82, 2.24) is 9.88 Å². The first kappa shape index (κ1) is 15.7. The van der Waals surface area contributed by atoms with E-state index in [1.165, 1.54) is 4.70 Å². The molecule has 0 spiro atoms. The van der Waals surface area contributed by atoms with E-state index in [1.54, 1.807) is 11.3 Å². The van der Waals surface area contributed by atoms with Gasteiger partial charge < -0.3 is 5.32 Å². The standard InChI is InChI=1S/C15H22BrN3S/c1-10(2)19(11(3)4)8-7-17-15-18-13-9-12(16)5-6-14(13)20-15/h5-6,9-11H,7-8H2,1-4H3,(H,17,18). The van der Waals surface area contributed by atoms with Gasteiger partial charge in [-0.2, -0.15) is 0 Å². The van der Waals surface area contributed by atoms with Gasteiger partial charge in [0.05, 0.1) is 10.2 Å². The fourth-order valence-corrected chi connectivity index (χ4v) is 3.60. The summed E-state index contributed by atoms with van der Waals surface area (Å²) in [6, 6.07) is 7.37. The molecule has 0 fully saturated rings. The van der Waals surface area contributed by atoms with Crippen LogP contribution in [-0.4, -0.2) is 35.1 Å². The quantitative estimate of drug-likeness (QED) is 0.821. The number of fused-ring (bicyclic) bond motifs is 1. The zero-order valence-electron chi connectivity index (χ0n) is 12.5. The lowest BCUT2D eigenvalue weighted by atomic mass is 10.2. The molecule has 1 aromatic carbocycles. The fraction of sp³-hybridized carbons (Fsp3) is 0.533. The number of anilines is 1. The number of thiazole rings is 1. The minimum Gasteiger partial charge on any atom is -0.360 e. The molecule has 1 aromatic heterocycles. The molecule has 0 amide bonds. The summed E-state index contributed by atoms with van der Waals surface area (Å²) >= 11 is 5.20. The van der Waals surface area contributed by atoms with Crippen LogP contribution in [0.3, 0.4) is 0 Å². The Morgan fingerprint density at radius 3 is 2.60 bits per heavy atom. The topological polar surface area (TPSA) is 28.2 Å². The van der Waals surface area contributed by atoms with Crippen LogP contribution < -0.4 is 5.32 Å². The van der Waals surface area contributed by atoms with E-state index in [9.17, 15) is 0 Å². The number of aromatic nitrogens is 1. The van der Waals surface area contributed by atoms with E-state index in [0.29, 0.717) is 12.1 Å². The molecule has 0 aliphatic heterocycles. The third-order valence-electron chi connectivity index (χ3n) is 3.32. The number of nitrogens with zero attached hydrogens (tertiary/aromatic N) is 2. The normalized spacial score (nSPS) is 12.0. The second-order valence-electron chi connectivity index (χ2n) is 5.48. The maximum Gasteiger partial charge on any atom is 0.183 e. The monoisotopic (exact) mass is 355 g/mol. The van der Waals surface area contributed by atoms with Crippen LogP contribution in [0.4, 0.5) is 5.13 Å². The molecule has 0 saturated carbocycles. The van der Waals surface area contributed by atoms with Crippen LogP contribution >= 0.6 is 27.3 Å². The van der Waals surface area contributed by atoms with Crippen molar-refractivity contribution in [3.63, 3.8) is 0 Å². The van der Waals surface area contributed by atoms with E-state index in [0.717, 1.165) is 28.2 Å². The van der Waals surface area contributed by atoms with Crippen molar-refractivity contribution in [2.24, 2.45) is 0 Å². The number of nitrogens with one attached hydrogen (secondary N) is 1. The van der Waals surface area contributed by atoms with Crippen molar-refractivity contribution in [3.05, 3.63) is 22.7 Å². The molecule has 1 N–H and O–H groups in total. The first-order valence-electron chi connectivity index (χ1n) is 7.03. The van der Waals surface area contributed by atoms with E-state index in [1.807, 2.05) is 0 Å². The van der Waals surface area contributed by atoms with Crippen LogP contribution in [0.2, 0.25) is 0 Å². The van der Waals surface area contributed by atoms with Crippen LogP contribution in [0.15, 0.2) is 22.7 Å². The van der Waals surface area contributed by atoms with E-state index < -0.39 is 0 Å². The fourth-order valence-electron chi connectivity index (χ4n) is 2.38. The highest BCUT2D eigenvalue weighted by atomic mass is 79.9. The summed E-state index contributed by atoms with van der Waals surface area (Å²) in [5, 5.41) is 4.45.